The molecule has 30 heavy (non-hydrogen) atoms. The van der Waals surface area contributed by atoms with Crippen LogP contribution in [-0.2, 0) is 16.1 Å². The van der Waals surface area contributed by atoms with E-state index in [1.54, 1.807) is 14.0 Å². The van der Waals surface area contributed by atoms with Crippen LogP contribution in [0.2, 0.25) is 0 Å². The lowest BCUT2D eigenvalue weighted by Crippen LogP contribution is -2.16. The largest absolute Gasteiger partial charge is 0.497 e. The molecule has 0 aromatic heterocycles. The second kappa shape index (κ2) is 10.8. The van der Waals surface area contributed by atoms with E-state index >= 15 is 0 Å². The summed E-state index contributed by atoms with van der Waals surface area (Å²) in [6, 6.07) is 27.5. The second-order valence-corrected chi connectivity index (χ2v) is 6.56. The maximum Gasteiger partial charge on any atom is 0.356 e. The molecule has 4 heteroatoms. The van der Waals surface area contributed by atoms with Gasteiger partial charge < -0.3 is 9.47 Å². The third kappa shape index (κ3) is 5.67. The summed E-state index contributed by atoms with van der Waals surface area (Å²) in [6.07, 6.45) is 1.81. The molecular formula is C26H25NO3. The van der Waals surface area contributed by atoms with Crippen molar-refractivity contribution in [3.63, 3.8) is 0 Å². The van der Waals surface area contributed by atoms with E-state index in [0.717, 1.165) is 28.0 Å². The van der Waals surface area contributed by atoms with E-state index in [-0.39, 0.29) is 5.71 Å². The highest BCUT2D eigenvalue weighted by atomic mass is 16.5. The van der Waals surface area contributed by atoms with Gasteiger partial charge in [0.05, 0.1) is 20.3 Å². The van der Waals surface area contributed by atoms with Crippen LogP contribution in [0.3, 0.4) is 0 Å². The zero-order valence-corrected chi connectivity index (χ0v) is 17.2. The summed E-state index contributed by atoms with van der Waals surface area (Å²) in [5, 5.41) is 0. The first-order valence-corrected chi connectivity index (χ1v) is 9.88. The van der Waals surface area contributed by atoms with Crippen molar-refractivity contribution in [3.8, 4) is 5.75 Å². The Bertz CT molecular complexity index is 966. The zero-order valence-electron chi connectivity index (χ0n) is 17.2. The maximum absolute atomic E-state index is 12.6. The molecule has 0 saturated heterocycles. The number of hydrogen-bond acceptors (Lipinski definition) is 4. The molecule has 0 atom stereocenters. The molecule has 0 bridgehead atoms. The van der Waals surface area contributed by atoms with Gasteiger partial charge in [-0.1, -0.05) is 72.8 Å². The molecule has 3 aromatic carbocycles. The van der Waals surface area contributed by atoms with Gasteiger partial charge in [0.2, 0.25) is 0 Å². The highest BCUT2D eigenvalue weighted by Crippen LogP contribution is 2.23. The average Bonchev–Trinajstić information content (AvgIpc) is 2.81. The molecule has 0 amide bonds. The van der Waals surface area contributed by atoms with Gasteiger partial charge in [0.15, 0.2) is 0 Å². The van der Waals surface area contributed by atoms with E-state index in [9.17, 15) is 4.79 Å². The molecule has 152 valence electrons. The lowest BCUT2D eigenvalue weighted by molar-refractivity contribution is -0.134. The van der Waals surface area contributed by atoms with E-state index in [2.05, 4.69) is 4.99 Å². The number of nitrogens with zero attached hydrogens (tertiary/aromatic N) is 1. The number of esters is 1. The number of ether oxygens (including phenoxy) is 2. The van der Waals surface area contributed by atoms with Gasteiger partial charge in [-0.2, -0.15) is 0 Å². The van der Waals surface area contributed by atoms with Gasteiger partial charge in [0.1, 0.15) is 11.5 Å². The van der Waals surface area contributed by atoms with Gasteiger partial charge in [0, 0.05) is 0 Å². The molecule has 0 radical (unpaired) electrons. The van der Waals surface area contributed by atoms with Crippen molar-refractivity contribution in [1.82, 2.24) is 0 Å². The Balaban J connectivity index is 2.01. The first-order chi connectivity index (χ1) is 14.7. The summed E-state index contributed by atoms with van der Waals surface area (Å²) in [5.41, 5.74) is 4.19. The predicted molar refractivity (Wildman–Crippen MR) is 121 cm³/mol. The normalized spacial score (nSPS) is 10.9. The Kier molecular flexibility index (Phi) is 7.56. The standard InChI is InChI=1S/C26H25NO3/c1-3-30-26(28)25(27-19-20-14-16-23(29-2)17-15-20)18-24(21-10-6-4-7-11-21)22-12-8-5-9-13-22/h4-18H,3,19H2,1-2H3. The first-order valence-electron chi connectivity index (χ1n) is 9.88. The van der Waals surface area contributed by atoms with Crippen molar-refractivity contribution < 1.29 is 14.3 Å². The highest BCUT2D eigenvalue weighted by molar-refractivity contribution is 6.42. The van der Waals surface area contributed by atoms with Crippen LogP contribution >= 0.6 is 0 Å². The lowest BCUT2D eigenvalue weighted by atomic mass is 9.96. The van der Waals surface area contributed by atoms with Crippen molar-refractivity contribution in [2.45, 2.75) is 13.5 Å². The molecule has 0 unspecified atom stereocenters. The number of rotatable bonds is 8. The fourth-order valence-electron chi connectivity index (χ4n) is 2.99. The molecule has 0 spiro atoms. The van der Waals surface area contributed by atoms with Gasteiger partial charge in [-0.05, 0) is 47.4 Å². The smallest absolute Gasteiger partial charge is 0.356 e. The third-order valence-corrected chi connectivity index (χ3v) is 4.53. The molecular weight excluding hydrogens is 374 g/mol. The van der Waals surface area contributed by atoms with E-state index in [1.807, 2.05) is 91.0 Å². The Morgan fingerprint density at radius 2 is 1.43 bits per heavy atom. The van der Waals surface area contributed by atoms with Crippen LogP contribution in [0.15, 0.2) is 96.0 Å². The number of benzene rings is 3. The second-order valence-electron chi connectivity index (χ2n) is 6.56. The summed E-state index contributed by atoms with van der Waals surface area (Å²) >= 11 is 0. The molecule has 4 nitrogen and oxygen atoms in total. The van der Waals surface area contributed by atoms with Gasteiger partial charge in [0.25, 0.3) is 0 Å². The fourth-order valence-corrected chi connectivity index (χ4v) is 2.99. The van der Waals surface area contributed by atoms with Crippen molar-refractivity contribution in [3.05, 3.63) is 108 Å². The molecule has 0 aliphatic rings. The molecule has 0 heterocycles. The van der Waals surface area contributed by atoms with E-state index in [0.29, 0.717) is 13.2 Å². The lowest BCUT2D eigenvalue weighted by Gasteiger charge is -2.10. The van der Waals surface area contributed by atoms with Crippen LogP contribution < -0.4 is 4.74 Å². The van der Waals surface area contributed by atoms with Crippen LogP contribution in [0, 0.1) is 0 Å². The maximum atomic E-state index is 12.6. The predicted octanol–water partition coefficient (Wildman–Crippen LogP) is 5.33. The molecule has 0 aliphatic heterocycles. The summed E-state index contributed by atoms with van der Waals surface area (Å²) in [4.78, 5) is 17.2. The van der Waals surface area contributed by atoms with Crippen LogP contribution in [-0.4, -0.2) is 25.4 Å². The molecule has 0 aliphatic carbocycles. The van der Waals surface area contributed by atoms with Crippen molar-refractivity contribution in [1.29, 1.82) is 0 Å². The van der Waals surface area contributed by atoms with Crippen molar-refractivity contribution in [2.24, 2.45) is 4.99 Å². The number of aliphatic imine (C=N–C) groups is 1. The van der Waals surface area contributed by atoms with Crippen LogP contribution in [0.5, 0.6) is 5.75 Å². The summed E-state index contributed by atoms with van der Waals surface area (Å²) in [7, 11) is 1.63. The molecule has 0 saturated carbocycles. The summed E-state index contributed by atoms with van der Waals surface area (Å²) in [6.45, 7) is 2.45. The monoisotopic (exact) mass is 399 g/mol. The van der Waals surface area contributed by atoms with E-state index in [1.165, 1.54) is 0 Å². The SMILES string of the molecule is CCOC(=O)C(C=C(c1ccccc1)c1ccccc1)=NCc1ccc(OC)cc1. The van der Waals surface area contributed by atoms with Crippen molar-refractivity contribution in [2.75, 3.05) is 13.7 Å². The average molecular weight is 399 g/mol. The minimum Gasteiger partial charge on any atom is -0.497 e. The van der Waals surface area contributed by atoms with E-state index < -0.39 is 5.97 Å². The Labute approximate surface area is 177 Å². The molecule has 3 aromatic rings. The third-order valence-electron chi connectivity index (χ3n) is 4.53. The van der Waals surface area contributed by atoms with Gasteiger partial charge >= 0.3 is 5.97 Å². The number of hydrogen-bond donors (Lipinski definition) is 0. The van der Waals surface area contributed by atoms with Gasteiger partial charge in [-0.3, -0.25) is 4.99 Å². The molecule has 3 rings (SSSR count). The number of carbonyl (C=O) groups is 1. The minimum absolute atomic E-state index is 0.287. The zero-order chi connectivity index (χ0) is 21.2. The minimum atomic E-state index is -0.435. The summed E-state index contributed by atoms with van der Waals surface area (Å²) < 4.78 is 10.5. The van der Waals surface area contributed by atoms with E-state index in [4.69, 9.17) is 9.47 Å². The topological polar surface area (TPSA) is 47.9 Å². The highest BCUT2D eigenvalue weighted by Gasteiger charge is 2.14. The van der Waals surface area contributed by atoms with Crippen LogP contribution in [0.1, 0.15) is 23.6 Å². The Morgan fingerprint density at radius 3 is 1.93 bits per heavy atom. The summed E-state index contributed by atoms with van der Waals surface area (Å²) in [5.74, 6) is 0.346. The Morgan fingerprint density at radius 1 is 0.867 bits per heavy atom. The van der Waals surface area contributed by atoms with Crippen LogP contribution in [0.25, 0.3) is 5.57 Å². The first kappa shape index (κ1) is 21.1. The number of carbonyl (C=O) groups excluding carboxylic acids is 1. The quantitative estimate of drug-likeness (QED) is 0.380. The molecule has 0 fully saturated rings. The van der Waals surface area contributed by atoms with Crippen molar-refractivity contribution >= 4 is 17.3 Å². The Hall–Kier alpha value is -3.66. The van der Waals surface area contributed by atoms with Crippen LogP contribution in [0.4, 0.5) is 0 Å². The van der Waals surface area contributed by atoms with Gasteiger partial charge in [-0.25, -0.2) is 4.79 Å². The van der Waals surface area contributed by atoms with Gasteiger partial charge in [-0.15, -0.1) is 0 Å². The number of methoxy groups -OCH3 is 1. The fraction of sp³-hybridized carbons (Fsp3) is 0.154. The molecule has 0 N–H and O–H groups in total.